The van der Waals surface area contributed by atoms with E-state index in [-0.39, 0.29) is 6.04 Å². The van der Waals surface area contributed by atoms with Crippen LogP contribution >= 0.6 is 22.6 Å². The minimum absolute atomic E-state index is 0.129. The topological polar surface area (TPSA) is 32.3 Å². The number of phenolic OH excluding ortho intramolecular Hbond substituents is 1. The average molecular weight is 353 g/mol. The van der Waals surface area contributed by atoms with E-state index in [0.717, 1.165) is 17.7 Å². The standard InChI is InChI=1S/C15H16INO/c1-2-14(13-8-3-4-9-15(13)18)17-12-7-5-6-11(16)10-12/h3-10,14,17-18H,2H2,1H3. The van der Waals surface area contributed by atoms with Crippen molar-refractivity contribution in [3.05, 3.63) is 57.7 Å². The summed E-state index contributed by atoms with van der Waals surface area (Å²) >= 11 is 2.30. The van der Waals surface area contributed by atoms with Crippen LogP contribution in [0.2, 0.25) is 0 Å². The van der Waals surface area contributed by atoms with Crippen molar-refractivity contribution < 1.29 is 5.11 Å². The third-order valence-electron chi connectivity index (χ3n) is 2.89. The summed E-state index contributed by atoms with van der Waals surface area (Å²) in [5.41, 5.74) is 2.02. The van der Waals surface area contributed by atoms with E-state index in [0.29, 0.717) is 5.75 Å². The number of anilines is 1. The van der Waals surface area contributed by atoms with E-state index in [1.165, 1.54) is 3.57 Å². The Bertz CT molecular complexity index is 527. The fourth-order valence-electron chi connectivity index (χ4n) is 1.96. The highest BCUT2D eigenvalue weighted by Crippen LogP contribution is 2.29. The number of para-hydroxylation sites is 1. The van der Waals surface area contributed by atoms with E-state index >= 15 is 0 Å². The van der Waals surface area contributed by atoms with Gasteiger partial charge in [-0.15, -0.1) is 0 Å². The lowest BCUT2D eigenvalue weighted by molar-refractivity contribution is 0.463. The first-order valence-corrected chi connectivity index (χ1v) is 7.08. The summed E-state index contributed by atoms with van der Waals surface area (Å²) in [6.45, 7) is 2.11. The predicted octanol–water partition coefficient (Wildman–Crippen LogP) is 4.56. The van der Waals surface area contributed by atoms with Crippen LogP contribution in [0.15, 0.2) is 48.5 Å². The second kappa shape index (κ2) is 6.09. The largest absolute Gasteiger partial charge is 0.508 e. The molecule has 1 atom stereocenters. The van der Waals surface area contributed by atoms with E-state index in [9.17, 15) is 5.11 Å². The third kappa shape index (κ3) is 3.16. The molecule has 0 aliphatic rings. The third-order valence-corrected chi connectivity index (χ3v) is 3.56. The van der Waals surface area contributed by atoms with Crippen molar-refractivity contribution in [3.8, 4) is 5.75 Å². The molecule has 0 saturated heterocycles. The molecule has 2 aromatic rings. The maximum absolute atomic E-state index is 9.90. The zero-order chi connectivity index (χ0) is 13.0. The molecule has 0 saturated carbocycles. The van der Waals surface area contributed by atoms with E-state index in [2.05, 4.69) is 47.0 Å². The molecule has 0 aromatic heterocycles. The van der Waals surface area contributed by atoms with Gasteiger partial charge in [0, 0.05) is 14.8 Å². The van der Waals surface area contributed by atoms with Gasteiger partial charge in [-0.3, -0.25) is 0 Å². The van der Waals surface area contributed by atoms with E-state index in [1.54, 1.807) is 6.07 Å². The molecule has 2 rings (SSSR count). The molecule has 2 N–H and O–H groups in total. The number of benzene rings is 2. The zero-order valence-electron chi connectivity index (χ0n) is 10.2. The van der Waals surface area contributed by atoms with E-state index < -0.39 is 0 Å². The Hall–Kier alpha value is -1.23. The number of phenols is 1. The van der Waals surface area contributed by atoms with Crippen LogP contribution < -0.4 is 5.32 Å². The van der Waals surface area contributed by atoms with Crippen molar-refractivity contribution in [2.45, 2.75) is 19.4 Å². The lowest BCUT2D eigenvalue weighted by Crippen LogP contribution is -2.09. The van der Waals surface area contributed by atoms with Crippen molar-refractivity contribution in [1.82, 2.24) is 0 Å². The molecule has 0 bridgehead atoms. The molecule has 0 amide bonds. The van der Waals surface area contributed by atoms with Gasteiger partial charge in [0.15, 0.2) is 0 Å². The molecule has 1 unspecified atom stereocenters. The molecule has 0 radical (unpaired) electrons. The maximum atomic E-state index is 9.90. The van der Waals surface area contributed by atoms with E-state index in [1.807, 2.05) is 30.3 Å². The Kier molecular flexibility index (Phi) is 4.47. The van der Waals surface area contributed by atoms with Gasteiger partial charge in [0.2, 0.25) is 0 Å². The van der Waals surface area contributed by atoms with Crippen LogP contribution in [0.5, 0.6) is 5.75 Å². The Morgan fingerprint density at radius 1 is 1.17 bits per heavy atom. The smallest absolute Gasteiger partial charge is 0.120 e. The molecule has 0 fully saturated rings. The number of hydrogen-bond donors (Lipinski definition) is 2. The molecule has 18 heavy (non-hydrogen) atoms. The lowest BCUT2D eigenvalue weighted by Gasteiger charge is -2.19. The van der Waals surface area contributed by atoms with Crippen molar-refractivity contribution in [2.24, 2.45) is 0 Å². The number of hydrogen-bond acceptors (Lipinski definition) is 2. The van der Waals surface area contributed by atoms with Crippen molar-refractivity contribution in [3.63, 3.8) is 0 Å². The van der Waals surface area contributed by atoms with Gasteiger partial charge in [0.25, 0.3) is 0 Å². The minimum atomic E-state index is 0.129. The molecular formula is C15H16INO. The second-order valence-electron chi connectivity index (χ2n) is 4.17. The molecule has 2 aromatic carbocycles. The van der Waals surface area contributed by atoms with Gasteiger partial charge in [-0.2, -0.15) is 0 Å². The fraction of sp³-hybridized carbons (Fsp3) is 0.200. The monoisotopic (exact) mass is 353 g/mol. The van der Waals surface area contributed by atoms with Gasteiger partial charge in [-0.1, -0.05) is 31.2 Å². The van der Waals surface area contributed by atoms with Crippen LogP contribution in [0.25, 0.3) is 0 Å². The summed E-state index contributed by atoms with van der Waals surface area (Å²) < 4.78 is 1.20. The summed E-state index contributed by atoms with van der Waals surface area (Å²) in [7, 11) is 0. The first-order chi connectivity index (χ1) is 8.70. The van der Waals surface area contributed by atoms with Crippen LogP contribution in [-0.4, -0.2) is 5.11 Å². The maximum Gasteiger partial charge on any atom is 0.120 e. The molecule has 0 spiro atoms. The second-order valence-corrected chi connectivity index (χ2v) is 5.42. The first kappa shape index (κ1) is 13.2. The number of aromatic hydroxyl groups is 1. The van der Waals surface area contributed by atoms with Gasteiger partial charge in [-0.05, 0) is 53.3 Å². The van der Waals surface area contributed by atoms with Gasteiger partial charge in [-0.25, -0.2) is 0 Å². The molecule has 0 aliphatic carbocycles. The van der Waals surface area contributed by atoms with Gasteiger partial charge in [0.1, 0.15) is 5.75 Å². The van der Waals surface area contributed by atoms with Gasteiger partial charge in [0.05, 0.1) is 6.04 Å². The van der Waals surface area contributed by atoms with Crippen LogP contribution in [-0.2, 0) is 0 Å². The molecule has 2 nitrogen and oxygen atoms in total. The zero-order valence-corrected chi connectivity index (χ0v) is 12.4. The van der Waals surface area contributed by atoms with Crippen molar-refractivity contribution in [1.29, 1.82) is 0 Å². The van der Waals surface area contributed by atoms with Crippen LogP contribution in [0.3, 0.4) is 0 Å². The van der Waals surface area contributed by atoms with Crippen molar-refractivity contribution in [2.75, 3.05) is 5.32 Å². The molecular weight excluding hydrogens is 337 g/mol. The van der Waals surface area contributed by atoms with Crippen LogP contribution in [0, 0.1) is 3.57 Å². The van der Waals surface area contributed by atoms with Crippen molar-refractivity contribution >= 4 is 28.3 Å². The number of halogens is 1. The van der Waals surface area contributed by atoms with Crippen LogP contribution in [0.1, 0.15) is 24.9 Å². The summed E-state index contributed by atoms with van der Waals surface area (Å²) in [5, 5.41) is 13.4. The summed E-state index contributed by atoms with van der Waals surface area (Å²) in [6, 6.07) is 15.9. The highest BCUT2D eigenvalue weighted by atomic mass is 127. The Morgan fingerprint density at radius 3 is 2.61 bits per heavy atom. The summed E-state index contributed by atoms with van der Waals surface area (Å²) in [5.74, 6) is 0.350. The van der Waals surface area contributed by atoms with Crippen LogP contribution in [0.4, 0.5) is 5.69 Å². The average Bonchev–Trinajstić information content (AvgIpc) is 2.37. The molecule has 3 heteroatoms. The summed E-state index contributed by atoms with van der Waals surface area (Å²) in [6.07, 6.45) is 0.920. The highest BCUT2D eigenvalue weighted by molar-refractivity contribution is 14.1. The Labute approximate surface area is 121 Å². The fourth-order valence-corrected chi connectivity index (χ4v) is 2.50. The van der Waals surface area contributed by atoms with E-state index in [4.69, 9.17) is 0 Å². The molecule has 0 heterocycles. The number of nitrogens with one attached hydrogen (secondary N) is 1. The van der Waals surface area contributed by atoms with Gasteiger partial charge < -0.3 is 10.4 Å². The predicted molar refractivity (Wildman–Crippen MR) is 83.9 cm³/mol. The SMILES string of the molecule is CCC(Nc1cccc(I)c1)c1ccccc1O. The normalized spacial score (nSPS) is 12.1. The molecule has 94 valence electrons. The quantitative estimate of drug-likeness (QED) is 0.790. The number of rotatable bonds is 4. The molecule has 0 aliphatic heterocycles. The van der Waals surface area contributed by atoms with Gasteiger partial charge >= 0.3 is 0 Å². The highest BCUT2D eigenvalue weighted by Gasteiger charge is 2.12. The Morgan fingerprint density at radius 2 is 1.94 bits per heavy atom. The Balaban J connectivity index is 2.23. The minimum Gasteiger partial charge on any atom is -0.508 e. The first-order valence-electron chi connectivity index (χ1n) is 6.00. The lowest BCUT2D eigenvalue weighted by atomic mass is 10.0. The summed E-state index contributed by atoms with van der Waals surface area (Å²) in [4.78, 5) is 0.